The summed E-state index contributed by atoms with van der Waals surface area (Å²) in [6.45, 7) is 3.69. The lowest BCUT2D eigenvalue weighted by molar-refractivity contribution is 0.128. The first kappa shape index (κ1) is 10.5. The lowest BCUT2D eigenvalue weighted by Crippen LogP contribution is -2.38. The van der Waals surface area contributed by atoms with Crippen LogP contribution in [-0.2, 0) is 4.74 Å². The van der Waals surface area contributed by atoms with Gasteiger partial charge in [-0.15, -0.1) is 0 Å². The highest BCUT2D eigenvalue weighted by atomic mass is 16.5. The van der Waals surface area contributed by atoms with Crippen LogP contribution in [0, 0.1) is 11.3 Å². The van der Waals surface area contributed by atoms with E-state index in [1.54, 1.807) is 7.11 Å². The molecular formula is C10H18N2O. The summed E-state index contributed by atoms with van der Waals surface area (Å²) in [5.74, 6) is 0. The molecule has 0 radical (unpaired) electrons. The normalized spacial score (nSPS) is 18.6. The molecule has 0 aromatic carbocycles. The number of nitriles is 1. The van der Waals surface area contributed by atoms with Gasteiger partial charge in [-0.25, -0.2) is 0 Å². The molecular weight excluding hydrogens is 164 g/mol. The standard InChI is InChI=1S/C10H18N2O/c1-3-9(8-11)12(6-7-13-2)10-4-5-10/h9-10H,3-7H2,1-2H3. The highest BCUT2D eigenvalue weighted by molar-refractivity contribution is 4.97. The molecule has 1 saturated carbocycles. The molecule has 1 fully saturated rings. The van der Waals surface area contributed by atoms with Crippen molar-refractivity contribution in [1.82, 2.24) is 4.90 Å². The maximum Gasteiger partial charge on any atom is 0.0978 e. The Morgan fingerprint density at radius 3 is 2.69 bits per heavy atom. The number of ether oxygens (including phenoxy) is 1. The van der Waals surface area contributed by atoms with Crippen molar-refractivity contribution in [2.45, 2.75) is 38.3 Å². The smallest absolute Gasteiger partial charge is 0.0978 e. The molecule has 0 N–H and O–H groups in total. The summed E-state index contributed by atoms with van der Waals surface area (Å²) < 4.78 is 5.04. The summed E-state index contributed by atoms with van der Waals surface area (Å²) in [6.07, 6.45) is 3.42. The summed E-state index contributed by atoms with van der Waals surface area (Å²) in [4.78, 5) is 2.28. The summed E-state index contributed by atoms with van der Waals surface area (Å²) in [7, 11) is 1.71. The third-order valence-corrected chi connectivity index (χ3v) is 2.51. The van der Waals surface area contributed by atoms with Crippen LogP contribution in [0.3, 0.4) is 0 Å². The van der Waals surface area contributed by atoms with E-state index in [0.717, 1.165) is 19.6 Å². The molecule has 1 unspecified atom stereocenters. The van der Waals surface area contributed by atoms with Crippen LogP contribution in [0.15, 0.2) is 0 Å². The monoisotopic (exact) mass is 182 g/mol. The molecule has 3 heteroatoms. The van der Waals surface area contributed by atoms with Gasteiger partial charge in [-0.2, -0.15) is 5.26 Å². The quantitative estimate of drug-likeness (QED) is 0.623. The van der Waals surface area contributed by atoms with Gasteiger partial charge in [0.15, 0.2) is 0 Å². The number of hydrogen-bond donors (Lipinski definition) is 0. The minimum absolute atomic E-state index is 0.0858. The zero-order chi connectivity index (χ0) is 9.68. The second kappa shape index (κ2) is 5.21. The molecule has 74 valence electrons. The molecule has 0 bridgehead atoms. The van der Waals surface area contributed by atoms with Gasteiger partial charge < -0.3 is 4.74 Å². The summed E-state index contributed by atoms with van der Waals surface area (Å²) in [6, 6.07) is 3.09. The van der Waals surface area contributed by atoms with Crippen molar-refractivity contribution in [3.8, 4) is 6.07 Å². The zero-order valence-electron chi connectivity index (χ0n) is 8.49. The highest BCUT2D eigenvalue weighted by Gasteiger charge is 2.32. The maximum atomic E-state index is 8.94. The lowest BCUT2D eigenvalue weighted by atomic mass is 10.2. The van der Waals surface area contributed by atoms with Gasteiger partial charge in [0.25, 0.3) is 0 Å². The molecule has 13 heavy (non-hydrogen) atoms. The van der Waals surface area contributed by atoms with E-state index in [0.29, 0.717) is 6.04 Å². The van der Waals surface area contributed by atoms with Crippen molar-refractivity contribution in [2.24, 2.45) is 0 Å². The largest absolute Gasteiger partial charge is 0.383 e. The Balaban J connectivity index is 2.40. The minimum atomic E-state index is 0.0858. The predicted octanol–water partition coefficient (Wildman–Crippen LogP) is 1.40. The maximum absolute atomic E-state index is 8.94. The van der Waals surface area contributed by atoms with Gasteiger partial charge in [-0.3, -0.25) is 4.90 Å². The van der Waals surface area contributed by atoms with Crippen LogP contribution in [0.5, 0.6) is 0 Å². The zero-order valence-corrected chi connectivity index (χ0v) is 8.49. The van der Waals surface area contributed by atoms with Crippen LogP contribution in [-0.4, -0.2) is 37.2 Å². The molecule has 0 aromatic heterocycles. The number of nitrogens with zero attached hydrogens (tertiary/aromatic N) is 2. The lowest BCUT2D eigenvalue weighted by Gasteiger charge is -2.25. The fourth-order valence-corrected chi connectivity index (χ4v) is 1.60. The first-order valence-electron chi connectivity index (χ1n) is 4.97. The van der Waals surface area contributed by atoms with E-state index < -0.39 is 0 Å². The third kappa shape index (κ3) is 2.98. The van der Waals surface area contributed by atoms with Crippen LogP contribution >= 0.6 is 0 Å². The second-order valence-corrected chi connectivity index (χ2v) is 3.51. The Bertz CT molecular complexity index is 184. The topological polar surface area (TPSA) is 36.3 Å². The first-order chi connectivity index (χ1) is 6.33. The molecule has 1 rings (SSSR count). The minimum Gasteiger partial charge on any atom is -0.383 e. The van der Waals surface area contributed by atoms with Crippen molar-refractivity contribution >= 4 is 0 Å². The molecule has 0 heterocycles. The van der Waals surface area contributed by atoms with Gasteiger partial charge in [0, 0.05) is 19.7 Å². The van der Waals surface area contributed by atoms with Crippen molar-refractivity contribution < 1.29 is 4.74 Å². The molecule has 0 amide bonds. The van der Waals surface area contributed by atoms with E-state index in [1.807, 2.05) is 0 Å². The summed E-state index contributed by atoms with van der Waals surface area (Å²) >= 11 is 0. The van der Waals surface area contributed by atoms with E-state index in [2.05, 4.69) is 17.9 Å². The molecule has 0 aromatic rings. The molecule has 1 aliphatic carbocycles. The molecule has 0 spiro atoms. The van der Waals surface area contributed by atoms with E-state index in [1.165, 1.54) is 12.8 Å². The Kier molecular flexibility index (Phi) is 4.20. The van der Waals surface area contributed by atoms with Gasteiger partial charge in [0.2, 0.25) is 0 Å². The van der Waals surface area contributed by atoms with Crippen molar-refractivity contribution in [2.75, 3.05) is 20.3 Å². The van der Waals surface area contributed by atoms with Crippen LogP contribution < -0.4 is 0 Å². The number of methoxy groups -OCH3 is 1. The molecule has 1 atom stereocenters. The average Bonchev–Trinajstić information content (AvgIpc) is 2.95. The molecule has 0 saturated heterocycles. The van der Waals surface area contributed by atoms with E-state index >= 15 is 0 Å². The Hall–Kier alpha value is -0.590. The van der Waals surface area contributed by atoms with Gasteiger partial charge in [-0.1, -0.05) is 6.92 Å². The third-order valence-electron chi connectivity index (χ3n) is 2.51. The van der Waals surface area contributed by atoms with Gasteiger partial charge in [0.1, 0.15) is 0 Å². The first-order valence-corrected chi connectivity index (χ1v) is 4.97. The van der Waals surface area contributed by atoms with Gasteiger partial charge in [0.05, 0.1) is 18.7 Å². The fourth-order valence-electron chi connectivity index (χ4n) is 1.60. The van der Waals surface area contributed by atoms with Crippen LogP contribution in [0.25, 0.3) is 0 Å². The van der Waals surface area contributed by atoms with Crippen LogP contribution in [0.4, 0.5) is 0 Å². The predicted molar refractivity (Wildman–Crippen MR) is 51.3 cm³/mol. The van der Waals surface area contributed by atoms with Crippen LogP contribution in [0.1, 0.15) is 26.2 Å². The Morgan fingerprint density at radius 2 is 2.31 bits per heavy atom. The van der Waals surface area contributed by atoms with Crippen molar-refractivity contribution in [3.63, 3.8) is 0 Å². The SMILES string of the molecule is CCC(C#N)N(CCOC)C1CC1. The van der Waals surface area contributed by atoms with Gasteiger partial charge >= 0.3 is 0 Å². The van der Waals surface area contributed by atoms with E-state index in [4.69, 9.17) is 10.00 Å². The van der Waals surface area contributed by atoms with Crippen LogP contribution in [0.2, 0.25) is 0 Å². The molecule has 1 aliphatic rings. The number of rotatable bonds is 6. The Morgan fingerprint density at radius 1 is 1.62 bits per heavy atom. The molecule has 0 aliphatic heterocycles. The van der Waals surface area contributed by atoms with Crippen molar-refractivity contribution in [3.05, 3.63) is 0 Å². The highest BCUT2D eigenvalue weighted by Crippen LogP contribution is 2.28. The fraction of sp³-hybridized carbons (Fsp3) is 0.900. The number of hydrogen-bond acceptors (Lipinski definition) is 3. The second-order valence-electron chi connectivity index (χ2n) is 3.51. The molecule has 3 nitrogen and oxygen atoms in total. The summed E-state index contributed by atoms with van der Waals surface area (Å²) in [5, 5.41) is 8.94. The summed E-state index contributed by atoms with van der Waals surface area (Å²) in [5.41, 5.74) is 0. The van der Waals surface area contributed by atoms with E-state index in [-0.39, 0.29) is 6.04 Å². The van der Waals surface area contributed by atoms with E-state index in [9.17, 15) is 0 Å². The van der Waals surface area contributed by atoms with Crippen molar-refractivity contribution in [1.29, 1.82) is 5.26 Å². The average molecular weight is 182 g/mol. The Labute approximate surface area is 80.3 Å². The van der Waals surface area contributed by atoms with Gasteiger partial charge in [-0.05, 0) is 19.3 Å².